The maximum atomic E-state index is 14.4. The largest absolute Gasteiger partial charge is 0.268 e. The van der Waals surface area contributed by atoms with Crippen LogP contribution in [0.1, 0.15) is 41.4 Å². The highest BCUT2D eigenvalue weighted by Gasteiger charge is 2.42. The van der Waals surface area contributed by atoms with Crippen LogP contribution < -0.4 is 9.80 Å². The average Bonchev–Trinajstić information content (AvgIpc) is 3.03. The highest BCUT2D eigenvalue weighted by molar-refractivity contribution is 6.43. The van der Waals surface area contributed by atoms with Crippen molar-refractivity contribution in [1.29, 1.82) is 0 Å². The summed E-state index contributed by atoms with van der Waals surface area (Å²) < 4.78 is 0. The number of anilines is 2. The molecular weight excluding hydrogens is 528 g/mol. The van der Waals surface area contributed by atoms with Crippen molar-refractivity contribution in [3.05, 3.63) is 132 Å². The van der Waals surface area contributed by atoms with E-state index in [1.54, 1.807) is 42.5 Å². The monoisotopic (exact) mass is 546 g/mol. The molecule has 0 atom stereocenters. The third kappa shape index (κ3) is 3.17. The number of amides is 4. The molecule has 0 saturated carbocycles. The van der Waals surface area contributed by atoms with Crippen molar-refractivity contribution in [1.82, 2.24) is 9.97 Å². The van der Waals surface area contributed by atoms with E-state index in [1.165, 1.54) is 24.8 Å². The topological polar surface area (TPSA) is 101 Å². The fraction of sp³-hybridized carbons (Fsp3) is 0. The summed E-state index contributed by atoms with van der Waals surface area (Å²) in [5.74, 6) is -2.16. The van der Waals surface area contributed by atoms with E-state index in [0.29, 0.717) is 27.7 Å². The van der Waals surface area contributed by atoms with Crippen LogP contribution >= 0.6 is 0 Å². The van der Waals surface area contributed by atoms with E-state index >= 15 is 0 Å². The molecule has 0 saturated heterocycles. The van der Waals surface area contributed by atoms with Crippen LogP contribution in [-0.2, 0) is 0 Å². The van der Waals surface area contributed by atoms with Crippen LogP contribution in [0.2, 0.25) is 0 Å². The Morgan fingerprint density at radius 3 is 1.67 bits per heavy atom. The Morgan fingerprint density at radius 1 is 0.452 bits per heavy atom. The number of carbonyl (C=O) groups excluding carboxylic acids is 4. The number of carbonyl (C=O) groups is 4. The second kappa shape index (κ2) is 8.74. The molecule has 4 aromatic carbocycles. The molecule has 4 heterocycles. The molecule has 0 radical (unpaired) electrons. The summed E-state index contributed by atoms with van der Waals surface area (Å²) in [6.45, 7) is 0. The van der Waals surface area contributed by atoms with Gasteiger partial charge in [-0.15, -0.1) is 0 Å². The van der Waals surface area contributed by atoms with Crippen molar-refractivity contribution >= 4 is 56.5 Å². The third-order valence-electron chi connectivity index (χ3n) is 7.92. The van der Waals surface area contributed by atoms with Gasteiger partial charge in [-0.1, -0.05) is 42.5 Å². The molecule has 8 rings (SSSR count). The van der Waals surface area contributed by atoms with Crippen molar-refractivity contribution < 1.29 is 19.2 Å². The first kappa shape index (κ1) is 23.8. The van der Waals surface area contributed by atoms with Gasteiger partial charge in [0.25, 0.3) is 23.6 Å². The molecule has 8 nitrogen and oxygen atoms in total. The highest BCUT2D eigenvalue weighted by Crippen LogP contribution is 2.45. The zero-order valence-electron chi connectivity index (χ0n) is 21.8. The molecule has 0 aliphatic carbocycles. The minimum Gasteiger partial charge on any atom is -0.268 e. The number of fused-ring (bicyclic) bond motifs is 1. The summed E-state index contributed by atoms with van der Waals surface area (Å²) in [7, 11) is 0. The summed E-state index contributed by atoms with van der Waals surface area (Å²) in [5, 5.41) is 2.45. The first-order chi connectivity index (χ1) is 20.5. The number of aromatic nitrogens is 2. The van der Waals surface area contributed by atoms with Gasteiger partial charge in [-0.05, 0) is 64.4 Å². The fourth-order valence-electron chi connectivity index (χ4n) is 6.10. The lowest BCUT2D eigenvalue weighted by molar-refractivity contribution is 0.0873. The van der Waals surface area contributed by atoms with Crippen LogP contribution in [0.25, 0.3) is 32.7 Å². The van der Waals surface area contributed by atoms with E-state index < -0.39 is 23.6 Å². The van der Waals surface area contributed by atoms with Gasteiger partial charge in [-0.25, -0.2) is 9.80 Å². The molecular formula is C34H18N4O4. The molecule has 42 heavy (non-hydrogen) atoms. The van der Waals surface area contributed by atoms with Crippen molar-refractivity contribution in [2.75, 3.05) is 9.80 Å². The van der Waals surface area contributed by atoms with E-state index in [1.807, 2.05) is 42.5 Å². The minimum atomic E-state index is -0.541. The molecule has 0 bridgehead atoms. The Kier molecular flexibility index (Phi) is 4.96. The lowest BCUT2D eigenvalue weighted by Gasteiger charge is -2.33. The van der Waals surface area contributed by atoms with E-state index in [2.05, 4.69) is 9.97 Å². The van der Waals surface area contributed by atoms with Crippen LogP contribution in [0.5, 0.6) is 0 Å². The maximum Gasteiger partial charge on any atom is 0.266 e. The van der Waals surface area contributed by atoms with Crippen molar-refractivity contribution in [3.63, 3.8) is 0 Å². The molecule has 0 fully saturated rings. The summed E-state index contributed by atoms with van der Waals surface area (Å²) >= 11 is 0. The standard InChI is InChI=1S/C34H18N4O4/c39-31-24-8-9-25-29-28(24)27(33(41)37(31)20-10-14-35-15-11-20)18-26(23-7-3-5-19-4-1-2-6-22(19)23)30(29)34(42)38(32(25)40)21-12-16-36-17-13-21/h1-18H. The quantitative estimate of drug-likeness (QED) is 0.251. The zero-order chi connectivity index (χ0) is 28.5. The van der Waals surface area contributed by atoms with Crippen molar-refractivity contribution in [2.24, 2.45) is 0 Å². The Morgan fingerprint density at radius 2 is 1.00 bits per heavy atom. The number of pyridine rings is 2. The van der Waals surface area contributed by atoms with Gasteiger partial charge in [-0.2, -0.15) is 0 Å². The Hall–Kier alpha value is -6.02. The lowest BCUT2D eigenvalue weighted by Crippen LogP contribution is -2.43. The lowest BCUT2D eigenvalue weighted by atomic mass is 9.81. The predicted molar refractivity (Wildman–Crippen MR) is 158 cm³/mol. The summed E-state index contributed by atoms with van der Waals surface area (Å²) in [5.41, 5.74) is 2.96. The minimum absolute atomic E-state index is 0.237. The van der Waals surface area contributed by atoms with Gasteiger partial charge in [-0.3, -0.25) is 29.1 Å². The number of imide groups is 2. The van der Waals surface area contributed by atoms with Gasteiger partial charge in [0.05, 0.1) is 16.9 Å². The number of benzene rings is 4. The number of hydrogen-bond donors (Lipinski definition) is 0. The first-order valence-corrected chi connectivity index (χ1v) is 13.2. The van der Waals surface area contributed by atoms with Crippen molar-refractivity contribution in [2.45, 2.75) is 0 Å². The van der Waals surface area contributed by atoms with Crippen LogP contribution in [0, 0.1) is 0 Å². The first-order valence-electron chi connectivity index (χ1n) is 13.2. The van der Waals surface area contributed by atoms with Crippen molar-refractivity contribution in [3.8, 4) is 11.1 Å². The van der Waals surface area contributed by atoms with Gasteiger partial charge >= 0.3 is 0 Å². The molecule has 0 spiro atoms. The molecule has 8 heteroatoms. The molecule has 2 aliphatic heterocycles. The van der Waals surface area contributed by atoms with Gasteiger partial charge in [0, 0.05) is 52.3 Å². The summed E-state index contributed by atoms with van der Waals surface area (Å²) in [6.07, 6.45) is 6.06. The van der Waals surface area contributed by atoms with Crippen LogP contribution in [-0.4, -0.2) is 33.6 Å². The Bertz CT molecular complexity index is 2170. The Balaban J connectivity index is 1.50. The Labute approximate surface area is 238 Å². The van der Waals surface area contributed by atoms with Crippen LogP contribution in [0.4, 0.5) is 11.4 Å². The maximum absolute atomic E-state index is 14.4. The second-order valence-electron chi connectivity index (χ2n) is 10.1. The van der Waals surface area contributed by atoms with Gasteiger partial charge in [0.15, 0.2) is 0 Å². The van der Waals surface area contributed by atoms with Gasteiger partial charge in [0.1, 0.15) is 0 Å². The molecule has 0 N–H and O–H groups in total. The fourth-order valence-corrected chi connectivity index (χ4v) is 6.10. The number of hydrogen-bond acceptors (Lipinski definition) is 6. The average molecular weight is 547 g/mol. The summed E-state index contributed by atoms with van der Waals surface area (Å²) in [4.78, 5) is 66.6. The predicted octanol–water partition coefficient (Wildman–Crippen LogP) is 6.05. The third-order valence-corrected chi connectivity index (χ3v) is 7.92. The van der Waals surface area contributed by atoms with Gasteiger partial charge in [0.2, 0.25) is 0 Å². The van der Waals surface area contributed by atoms with E-state index in [9.17, 15) is 19.2 Å². The highest BCUT2D eigenvalue weighted by atomic mass is 16.2. The molecule has 198 valence electrons. The van der Waals surface area contributed by atoms with Crippen LogP contribution in [0.3, 0.4) is 0 Å². The molecule has 6 aromatic rings. The van der Waals surface area contributed by atoms with Gasteiger partial charge < -0.3 is 0 Å². The smallest absolute Gasteiger partial charge is 0.266 e. The molecule has 2 aliphatic rings. The normalized spacial score (nSPS) is 14.3. The van der Waals surface area contributed by atoms with E-state index in [0.717, 1.165) is 26.1 Å². The number of nitrogens with zero attached hydrogens (tertiary/aromatic N) is 4. The molecule has 2 aromatic heterocycles. The SMILES string of the molecule is O=C1c2ccc3c4c(c(-c5cccc6ccccc56)cc(c24)C(=O)N1c1ccncc1)C(=O)N(c1ccncc1)C3=O. The zero-order valence-corrected chi connectivity index (χ0v) is 21.8. The van der Waals surface area contributed by atoms with E-state index in [4.69, 9.17) is 0 Å². The molecule has 0 unspecified atom stereocenters. The van der Waals surface area contributed by atoms with E-state index in [-0.39, 0.29) is 22.3 Å². The second-order valence-corrected chi connectivity index (χ2v) is 10.1. The summed E-state index contributed by atoms with van der Waals surface area (Å²) in [6, 6.07) is 24.7. The number of rotatable bonds is 3. The molecule has 4 amide bonds. The van der Waals surface area contributed by atoms with Crippen LogP contribution in [0.15, 0.2) is 110 Å².